The van der Waals surface area contributed by atoms with Gasteiger partial charge in [0.2, 0.25) is 0 Å². The van der Waals surface area contributed by atoms with Crippen LogP contribution in [0.15, 0.2) is 30.3 Å². The van der Waals surface area contributed by atoms with Crippen molar-refractivity contribution in [3.63, 3.8) is 0 Å². The molecule has 3 N–H and O–H groups in total. The first-order chi connectivity index (χ1) is 8.47. The summed E-state index contributed by atoms with van der Waals surface area (Å²) in [5.74, 6) is -2.77. The Bertz CT molecular complexity index is 582. The van der Waals surface area contributed by atoms with Crippen LogP contribution < -0.4 is 11.1 Å². The van der Waals surface area contributed by atoms with Gasteiger partial charge in [-0.05, 0) is 30.3 Å². The second kappa shape index (κ2) is 4.78. The zero-order valence-corrected chi connectivity index (χ0v) is 9.73. The van der Waals surface area contributed by atoms with Gasteiger partial charge in [0.05, 0.1) is 5.69 Å². The molecular weight excluding hydrogens is 265 g/mol. The summed E-state index contributed by atoms with van der Waals surface area (Å²) in [7, 11) is 0. The fraction of sp³-hybridized carbons (Fsp3) is 0. The van der Waals surface area contributed by atoms with Crippen LogP contribution in [0.4, 0.5) is 30.2 Å². The van der Waals surface area contributed by atoms with Crippen LogP contribution in [0, 0.1) is 17.5 Å². The van der Waals surface area contributed by atoms with E-state index in [-0.39, 0.29) is 22.1 Å². The molecule has 18 heavy (non-hydrogen) atoms. The van der Waals surface area contributed by atoms with Gasteiger partial charge in [-0.25, -0.2) is 13.2 Å². The highest BCUT2D eigenvalue weighted by molar-refractivity contribution is 6.30. The molecule has 0 saturated carbocycles. The standard InChI is InChI=1S/C12H8ClF3N2/c13-6-3-7(14)5-8(4-6)18-12-10(17)2-1-9(15)11(12)16/h1-5,18H,17H2. The van der Waals surface area contributed by atoms with E-state index in [1.54, 1.807) is 0 Å². The van der Waals surface area contributed by atoms with Gasteiger partial charge in [0.25, 0.3) is 0 Å². The number of hydrogen-bond acceptors (Lipinski definition) is 2. The molecule has 0 heterocycles. The van der Waals surface area contributed by atoms with Crippen molar-refractivity contribution in [2.45, 2.75) is 0 Å². The van der Waals surface area contributed by atoms with E-state index in [9.17, 15) is 13.2 Å². The minimum absolute atomic E-state index is 0.00860. The summed E-state index contributed by atoms with van der Waals surface area (Å²) in [5, 5.41) is 2.63. The number of anilines is 3. The molecule has 0 amide bonds. The molecule has 0 bridgehead atoms. The summed E-state index contributed by atoms with van der Waals surface area (Å²) < 4.78 is 39.6. The van der Waals surface area contributed by atoms with Crippen molar-refractivity contribution in [3.8, 4) is 0 Å². The predicted molar refractivity (Wildman–Crippen MR) is 65.5 cm³/mol. The van der Waals surface area contributed by atoms with Gasteiger partial charge in [-0.15, -0.1) is 0 Å². The van der Waals surface area contributed by atoms with Crippen molar-refractivity contribution in [2.75, 3.05) is 11.1 Å². The number of nitrogens with one attached hydrogen (secondary N) is 1. The van der Waals surface area contributed by atoms with Crippen LogP contribution in [-0.2, 0) is 0 Å². The van der Waals surface area contributed by atoms with E-state index in [0.29, 0.717) is 0 Å². The van der Waals surface area contributed by atoms with E-state index in [0.717, 1.165) is 18.2 Å². The molecule has 0 radical (unpaired) electrons. The van der Waals surface area contributed by atoms with Crippen LogP contribution in [0.5, 0.6) is 0 Å². The highest BCUT2D eigenvalue weighted by Crippen LogP contribution is 2.29. The number of hydrogen-bond donors (Lipinski definition) is 2. The molecular formula is C12H8ClF3N2. The lowest BCUT2D eigenvalue weighted by atomic mass is 10.2. The molecule has 0 aliphatic heterocycles. The first-order valence-corrected chi connectivity index (χ1v) is 5.32. The summed E-state index contributed by atoms with van der Waals surface area (Å²) >= 11 is 5.65. The first-order valence-electron chi connectivity index (χ1n) is 4.94. The summed E-state index contributed by atoms with van der Waals surface area (Å²) in [6.45, 7) is 0. The number of benzene rings is 2. The lowest BCUT2D eigenvalue weighted by Gasteiger charge is -2.11. The van der Waals surface area contributed by atoms with Gasteiger partial charge in [0, 0.05) is 10.7 Å². The number of nitrogen functional groups attached to an aromatic ring is 1. The average molecular weight is 273 g/mol. The van der Waals surface area contributed by atoms with Crippen molar-refractivity contribution in [3.05, 3.63) is 52.8 Å². The molecule has 0 atom stereocenters. The number of rotatable bonds is 2. The molecule has 0 fully saturated rings. The molecule has 2 rings (SSSR count). The van der Waals surface area contributed by atoms with Crippen molar-refractivity contribution in [1.82, 2.24) is 0 Å². The Morgan fingerprint density at radius 1 is 1.06 bits per heavy atom. The van der Waals surface area contributed by atoms with Crippen LogP contribution in [0.25, 0.3) is 0 Å². The average Bonchev–Trinajstić information content (AvgIpc) is 2.28. The molecule has 0 aliphatic carbocycles. The second-order valence-electron chi connectivity index (χ2n) is 3.61. The predicted octanol–water partition coefficient (Wildman–Crippen LogP) is 4.08. The Morgan fingerprint density at radius 3 is 2.44 bits per heavy atom. The van der Waals surface area contributed by atoms with Gasteiger partial charge in [-0.1, -0.05) is 11.6 Å². The lowest BCUT2D eigenvalue weighted by Crippen LogP contribution is -2.01. The van der Waals surface area contributed by atoms with Gasteiger partial charge >= 0.3 is 0 Å². The first kappa shape index (κ1) is 12.6. The smallest absolute Gasteiger partial charge is 0.184 e. The van der Waals surface area contributed by atoms with E-state index in [1.165, 1.54) is 12.1 Å². The third kappa shape index (κ3) is 2.51. The molecule has 2 nitrogen and oxygen atoms in total. The van der Waals surface area contributed by atoms with Crippen molar-refractivity contribution < 1.29 is 13.2 Å². The van der Waals surface area contributed by atoms with E-state index < -0.39 is 17.5 Å². The maximum Gasteiger partial charge on any atom is 0.184 e. The van der Waals surface area contributed by atoms with Crippen LogP contribution in [0.3, 0.4) is 0 Å². The Kier molecular flexibility index (Phi) is 3.34. The van der Waals surface area contributed by atoms with Crippen molar-refractivity contribution >= 4 is 28.7 Å². The molecule has 0 unspecified atom stereocenters. The molecule has 0 aromatic heterocycles. The summed E-state index contributed by atoms with van der Waals surface area (Å²) in [6, 6.07) is 5.68. The van der Waals surface area contributed by atoms with Crippen LogP contribution in [0.2, 0.25) is 5.02 Å². The highest BCUT2D eigenvalue weighted by atomic mass is 35.5. The van der Waals surface area contributed by atoms with Gasteiger partial charge in [0.15, 0.2) is 11.6 Å². The number of halogens is 4. The minimum atomic E-state index is -1.13. The molecule has 6 heteroatoms. The maximum atomic E-state index is 13.5. The van der Waals surface area contributed by atoms with Gasteiger partial charge < -0.3 is 11.1 Å². The van der Waals surface area contributed by atoms with Gasteiger partial charge in [-0.3, -0.25) is 0 Å². The van der Waals surface area contributed by atoms with Crippen molar-refractivity contribution in [2.24, 2.45) is 0 Å². The molecule has 0 aliphatic rings. The van der Waals surface area contributed by atoms with E-state index in [1.807, 2.05) is 0 Å². The second-order valence-corrected chi connectivity index (χ2v) is 4.05. The zero-order chi connectivity index (χ0) is 13.3. The fourth-order valence-corrected chi connectivity index (χ4v) is 1.68. The molecule has 0 saturated heterocycles. The van der Waals surface area contributed by atoms with E-state index in [4.69, 9.17) is 17.3 Å². The van der Waals surface area contributed by atoms with Crippen LogP contribution in [-0.4, -0.2) is 0 Å². The zero-order valence-electron chi connectivity index (χ0n) is 8.98. The molecule has 94 valence electrons. The highest BCUT2D eigenvalue weighted by Gasteiger charge is 2.12. The van der Waals surface area contributed by atoms with E-state index >= 15 is 0 Å². The molecule has 2 aromatic carbocycles. The Labute approximate surface area is 106 Å². The summed E-state index contributed by atoms with van der Waals surface area (Å²) in [5.41, 5.74) is 5.45. The van der Waals surface area contributed by atoms with Gasteiger partial charge in [0.1, 0.15) is 11.5 Å². The third-order valence-electron chi connectivity index (χ3n) is 2.26. The summed E-state index contributed by atoms with van der Waals surface area (Å²) in [4.78, 5) is 0. The quantitative estimate of drug-likeness (QED) is 0.808. The Morgan fingerprint density at radius 2 is 1.78 bits per heavy atom. The Balaban J connectivity index is 2.42. The molecule has 0 spiro atoms. The van der Waals surface area contributed by atoms with Crippen LogP contribution >= 0.6 is 11.6 Å². The van der Waals surface area contributed by atoms with E-state index in [2.05, 4.69) is 5.32 Å². The lowest BCUT2D eigenvalue weighted by molar-refractivity contribution is 0.512. The normalized spacial score (nSPS) is 10.4. The monoisotopic (exact) mass is 272 g/mol. The SMILES string of the molecule is Nc1ccc(F)c(F)c1Nc1cc(F)cc(Cl)c1. The molecule has 2 aromatic rings. The van der Waals surface area contributed by atoms with Crippen molar-refractivity contribution in [1.29, 1.82) is 0 Å². The summed E-state index contributed by atoms with van der Waals surface area (Å²) in [6.07, 6.45) is 0. The fourth-order valence-electron chi connectivity index (χ4n) is 1.46. The largest absolute Gasteiger partial charge is 0.397 e. The number of nitrogens with two attached hydrogens (primary N) is 1. The Hall–Kier alpha value is -1.88. The third-order valence-corrected chi connectivity index (χ3v) is 2.48. The van der Waals surface area contributed by atoms with Crippen LogP contribution in [0.1, 0.15) is 0 Å². The van der Waals surface area contributed by atoms with Gasteiger partial charge in [-0.2, -0.15) is 0 Å². The minimum Gasteiger partial charge on any atom is -0.397 e. The maximum absolute atomic E-state index is 13.5. The topological polar surface area (TPSA) is 38.0 Å².